The Morgan fingerprint density at radius 1 is 1.37 bits per heavy atom. The van der Waals surface area contributed by atoms with Gasteiger partial charge < -0.3 is 10.1 Å². The summed E-state index contributed by atoms with van der Waals surface area (Å²) in [6, 6.07) is 6.74. The molecule has 0 radical (unpaired) electrons. The van der Waals surface area contributed by atoms with Gasteiger partial charge in [-0.05, 0) is 48.9 Å². The molecule has 0 aromatic heterocycles. The molecule has 1 heterocycles. The summed E-state index contributed by atoms with van der Waals surface area (Å²) in [5.41, 5.74) is 1.26. The number of nitrogens with one attached hydrogen (secondary N) is 1. The van der Waals surface area contributed by atoms with Gasteiger partial charge >= 0.3 is 0 Å². The van der Waals surface area contributed by atoms with Crippen LogP contribution in [0.1, 0.15) is 30.4 Å². The average Bonchev–Trinajstić information content (AvgIpc) is 3.15. The van der Waals surface area contributed by atoms with Crippen LogP contribution in [0, 0.1) is 23.1 Å². The lowest BCUT2D eigenvalue weighted by molar-refractivity contribution is 0.0809. The quantitative estimate of drug-likeness (QED) is 0.904. The fourth-order valence-electron chi connectivity index (χ4n) is 2.78. The highest BCUT2D eigenvalue weighted by atomic mass is 19.1. The van der Waals surface area contributed by atoms with E-state index in [1.54, 1.807) is 0 Å². The molecule has 2 fully saturated rings. The highest BCUT2D eigenvalue weighted by molar-refractivity contribution is 5.37. The van der Waals surface area contributed by atoms with Gasteiger partial charge in [0.1, 0.15) is 5.82 Å². The van der Waals surface area contributed by atoms with Crippen molar-refractivity contribution < 1.29 is 9.13 Å². The third kappa shape index (κ3) is 2.78. The van der Waals surface area contributed by atoms with Crippen LogP contribution in [-0.2, 0) is 11.3 Å². The zero-order valence-corrected chi connectivity index (χ0v) is 10.7. The van der Waals surface area contributed by atoms with Gasteiger partial charge in [-0.25, -0.2) is 4.39 Å². The molecule has 1 saturated heterocycles. The van der Waals surface area contributed by atoms with E-state index in [4.69, 9.17) is 10.00 Å². The van der Waals surface area contributed by atoms with E-state index in [1.807, 2.05) is 0 Å². The fraction of sp³-hybridized carbons (Fsp3) is 0.533. The highest BCUT2D eigenvalue weighted by Crippen LogP contribution is 2.38. The highest BCUT2D eigenvalue weighted by Gasteiger charge is 2.40. The van der Waals surface area contributed by atoms with Crippen LogP contribution >= 0.6 is 0 Å². The lowest BCUT2D eigenvalue weighted by Crippen LogP contribution is -2.37. The van der Waals surface area contributed by atoms with Crippen LogP contribution in [-0.4, -0.2) is 18.8 Å². The first kappa shape index (κ1) is 12.6. The van der Waals surface area contributed by atoms with Gasteiger partial charge in [-0.3, -0.25) is 0 Å². The Morgan fingerprint density at radius 2 is 2.21 bits per heavy atom. The van der Waals surface area contributed by atoms with Crippen molar-refractivity contribution in [2.45, 2.75) is 38.0 Å². The van der Waals surface area contributed by atoms with E-state index in [1.165, 1.54) is 31.0 Å². The number of benzene rings is 1. The van der Waals surface area contributed by atoms with Crippen LogP contribution in [0.15, 0.2) is 18.2 Å². The summed E-state index contributed by atoms with van der Waals surface area (Å²) >= 11 is 0. The Hall–Kier alpha value is -1.44. The molecule has 1 aliphatic heterocycles. The normalized spacial score (nSPS) is 26.3. The van der Waals surface area contributed by atoms with Crippen molar-refractivity contribution in [2.24, 2.45) is 5.92 Å². The van der Waals surface area contributed by atoms with Crippen LogP contribution in [0.2, 0.25) is 0 Å². The maximum Gasteiger partial charge on any atom is 0.123 e. The molecule has 2 atom stereocenters. The summed E-state index contributed by atoms with van der Waals surface area (Å²) in [4.78, 5) is 0. The first-order valence-corrected chi connectivity index (χ1v) is 6.81. The summed E-state index contributed by atoms with van der Waals surface area (Å²) in [6.45, 7) is 1.32. The molecule has 0 spiro atoms. The van der Waals surface area contributed by atoms with Gasteiger partial charge in [-0.15, -0.1) is 0 Å². The van der Waals surface area contributed by atoms with Crippen LogP contribution in [0.3, 0.4) is 0 Å². The number of halogens is 1. The first-order chi connectivity index (χ1) is 9.28. The summed E-state index contributed by atoms with van der Waals surface area (Å²) < 4.78 is 19.0. The molecular formula is C15H17FN2O. The molecular weight excluding hydrogens is 243 g/mol. The minimum Gasteiger partial charge on any atom is -0.376 e. The molecule has 19 heavy (non-hydrogen) atoms. The lowest BCUT2D eigenvalue weighted by Gasteiger charge is -2.19. The maximum absolute atomic E-state index is 13.2. The van der Waals surface area contributed by atoms with Gasteiger partial charge in [0, 0.05) is 19.2 Å². The van der Waals surface area contributed by atoms with Crippen molar-refractivity contribution in [3.8, 4) is 6.07 Å². The first-order valence-electron chi connectivity index (χ1n) is 6.81. The molecule has 1 N–H and O–H groups in total. The molecule has 2 aliphatic rings. The Morgan fingerprint density at radius 3 is 2.95 bits per heavy atom. The van der Waals surface area contributed by atoms with E-state index in [2.05, 4.69) is 11.4 Å². The molecule has 0 amide bonds. The molecule has 100 valence electrons. The number of nitrogens with zero attached hydrogens (tertiary/aromatic N) is 1. The third-order valence-electron chi connectivity index (χ3n) is 3.96. The lowest BCUT2D eigenvalue weighted by atomic mass is 10.0. The van der Waals surface area contributed by atoms with Crippen LogP contribution in [0.5, 0.6) is 0 Å². The van der Waals surface area contributed by atoms with E-state index < -0.39 is 0 Å². The van der Waals surface area contributed by atoms with Gasteiger partial charge in [0.2, 0.25) is 0 Å². The summed E-state index contributed by atoms with van der Waals surface area (Å²) in [5.74, 6) is 0.403. The minimum atomic E-state index is -0.294. The maximum atomic E-state index is 13.2. The Bertz CT molecular complexity index is 507. The monoisotopic (exact) mass is 260 g/mol. The second-order valence-corrected chi connectivity index (χ2v) is 5.36. The standard InChI is InChI=1S/C15H17FN2O/c16-13-4-3-11(8-17)12(7-13)9-18-14-5-6-19-15(14)10-1-2-10/h3-4,7,10,14-15,18H,1-2,5-6,9H2. The average molecular weight is 260 g/mol. The number of nitriles is 1. The zero-order chi connectivity index (χ0) is 13.2. The summed E-state index contributed by atoms with van der Waals surface area (Å²) in [5, 5.41) is 12.5. The SMILES string of the molecule is N#Cc1ccc(F)cc1CNC1CCOC1C1CC1. The van der Waals surface area contributed by atoms with E-state index in [9.17, 15) is 4.39 Å². The number of hydrogen-bond acceptors (Lipinski definition) is 3. The van der Waals surface area contributed by atoms with E-state index in [0.717, 1.165) is 18.6 Å². The molecule has 1 aromatic carbocycles. The van der Waals surface area contributed by atoms with Crippen molar-refractivity contribution in [1.82, 2.24) is 5.32 Å². The predicted molar refractivity (Wildman–Crippen MR) is 68.8 cm³/mol. The predicted octanol–water partition coefficient (Wildman–Crippen LogP) is 2.35. The van der Waals surface area contributed by atoms with Crippen LogP contribution in [0.4, 0.5) is 4.39 Å². The van der Waals surface area contributed by atoms with Crippen LogP contribution in [0.25, 0.3) is 0 Å². The third-order valence-corrected chi connectivity index (χ3v) is 3.96. The van der Waals surface area contributed by atoms with Gasteiger partial charge in [-0.2, -0.15) is 5.26 Å². The molecule has 3 rings (SSSR count). The largest absolute Gasteiger partial charge is 0.376 e. The smallest absolute Gasteiger partial charge is 0.123 e. The van der Waals surface area contributed by atoms with Crippen molar-refractivity contribution in [3.05, 3.63) is 35.1 Å². The van der Waals surface area contributed by atoms with Crippen molar-refractivity contribution in [1.29, 1.82) is 5.26 Å². The van der Waals surface area contributed by atoms with Crippen molar-refractivity contribution >= 4 is 0 Å². The molecule has 1 saturated carbocycles. The van der Waals surface area contributed by atoms with Crippen molar-refractivity contribution in [3.63, 3.8) is 0 Å². The summed E-state index contributed by atoms with van der Waals surface area (Å²) in [6.07, 6.45) is 3.82. The van der Waals surface area contributed by atoms with Gasteiger partial charge in [-0.1, -0.05) is 0 Å². The molecule has 3 nitrogen and oxygen atoms in total. The fourth-order valence-corrected chi connectivity index (χ4v) is 2.78. The minimum absolute atomic E-state index is 0.294. The molecule has 2 unspecified atom stereocenters. The van der Waals surface area contributed by atoms with Gasteiger partial charge in [0.05, 0.1) is 17.7 Å². The number of ether oxygens (including phenoxy) is 1. The van der Waals surface area contributed by atoms with Crippen molar-refractivity contribution in [2.75, 3.05) is 6.61 Å². The Balaban J connectivity index is 1.65. The second-order valence-electron chi connectivity index (χ2n) is 5.36. The van der Waals surface area contributed by atoms with Crippen LogP contribution < -0.4 is 5.32 Å². The molecule has 4 heteroatoms. The number of rotatable bonds is 4. The van der Waals surface area contributed by atoms with Gasteiger partial charge in [0.25, 0.3) is 0 Å². The van der Waals surface area contributed by atoms with E-state index in [-0.39, 0.29) is 5.82 Å². The van der Waals surface area contributed by atoms with E-state index in [0.29, 0.717) is 30.2 Å². The molecule has 1 aliphatic carbocycles. The van der Waals surface area contributed by atoms with Gasteiger partial charge in [0.15, 0.2) is 0 Å². The zero-order valence-electron chi connectivity index (χ0n) is 10.7. The number of hydrogen-bond donors (Lipinski definition) is 1. The Labute approximate surface area is 112 Å². The van der Waals surface area contributed by atoms with E-state index >= 15 is 0 Å². The molecule has 1 aromatic rings. The Kier molecular flexibility index (Phi) is 3.50. The second kappa shape index (κ2) is 5.28. The summed E-state index contributed by atoms with van der Waals surface area (Å²) in [7, 11) is 0. The topological polar surface area (TPSA) is 45.0 Å². The molecule has 0 bridgehead atoms.